The van der Waals surface area contributed by atoms with Gasteiger partial charge in [-0.25, -0.2) is 0 Å². The van der Waals surface area contributed by atoms with E-state index in [1.54, 1.807) is 21.3 Å². The smallest absolute Gasteiger partial charge is 0.124 e. The van der Waals surface area contributed by atoms with Gasteiger partial charge in [-0.3, -0.25) is 4.90 Å². The maximum absolute atomic E-state index is 10.6. The molecule has 0 spiro atoms. The summed E-state index contributed by atoms with van der Waals surface area (Å²) in [6.45, 7) is 6.14. The summed E-state index contributed by atoms with van der Waals surface area (Å²) in [6.07, 6.45) is -0.644. The first-order valence-electron chi connectivity index (χ1n) is 7.16. The predicted octanol–water partition coefficient (Wildman–Crippen LogP) is 2.09. The third-order valence-electron chi connectivity index (χ3n) is 3.52. The van der Waals surface area contributed by atoms with Gasteiger partial charge >= 0.3 is 0 Å². The molecule has 1 N–H and O–H groups in total. The van der Waals surface area contributed by atoms with E-state index in [1.165, 1.54) is 0 Å². The van der Waals surface area contributed by atoms with Crippen LogP contribution in [0.15, 0.2) is 18.2 Å². The van der Waals surface area contributed by atoms with E-state index in [9.17, 15) is 5.11 Å². The molecule has 0 fully saturated rings. The molecule has 5 nitrogen and oxygen atoms in total. The summed E-state index contributed by atoms with van der Waals surface area (Å²) < 4.78 is 15.7. The number of nitrogens with zero attached hydrogens (tertiary/aromatic N) is 1. The van der Waals surface area contributed by atoms with E-state index in [0.29, 0.717) is 30.7 Å². The number of aliphatic hydroxyl groups excluding tert-OH is 1. The van der Waals surface area contributed by atoms with Crippen LogP contribution >= 0.6 is 0 Å². The summed E-state index contributed by atoms with van der Waals surface area (Å²) in [7, 11) is 4.89. The van der Waals surface area contributed by atoms with Crippen molar-refractivity contribution in [1.29, 1.82) is 0 Å². The van der Waals surface area contributed by atoms with Crippen LogP contribution in [0.1, 0.15) is 25.5 Å². The molecule has 0 bridgehead atoms. The Labute approximate surface area is 127 Å². The molecule has 1 aromatic rings. The fourth-order valence-electron chi connectivity index (χ4n) is 2.19. The van der Waals surface area contributed by atoms with Crippen LogP contribution in [0.3, 0.4) is 0 Å². The van der Waals surface area contributed by atoms with Crippen molar-refractivity contribution < 1.29 is 19.3 Å². The van der Waals surface area contributed by atoms with Crippen molar-refractivity contribution in [2.24, 2.45) is 0 Å². The maximum Gasteiger partial charge on any atom is 0.124 e. The van der Waals surface area contributed by atoms with Gasteiger partial charge in [0.05, 0.1) is 26.9 Å². The Morgan fingerprint density at radius 1 is 1.14 bits per heavy atom. The largest absolute Gasteiger partial charge is 0.497 e. The third kappa shape index (κ3) is 5.19. The lowest BCUT2D eigenvalue weighted by Gasteiger charge is -2.29. The predicted molar refractivity (Wildman–Crippen MR) is 83.1 cm³/mol. The molecule has 0 saturated carbocycles. The molecule has 0 amide bonds. The zero-order valence-electron chi connectivity index (χ0n) is 13.6. The van der Waals surface area contributed by atoms with Crippen LogP contribution in [-0.4, -0.2) is 57.1 Å². The lowest BCUT2D eigenvalue weighted by molar-refractivity contribution is 0.0708. The molecule has 1 unspecified atom stereocenters. The third-order valence-corrected chi connectivity index (χ3v) is 3.52. The van der Waals surface area contributed by atoms with Gasteiger partial charge in [0, 0.05) is 31.8 Å². The Balaban J connectivity index is 2.87. The molecule has 1 atom stereocenters. The van der Waals surface area contributed by atoms with Crippen LogP contribution < -0.4 is 9.47 Å². The van der Waals surface area contributed by atoms with E-state index in [2.05, 4.69) is 18.7 Å². The number of hydrogen-bond acceptors (Lipinski definition) is 5. The number of hydrogen-bond donors (Lipinski definition) is 1. The van der Waals surface area contributed by atoms with E-state index in [4.69, 9.17) is 14.2 Å². The topological polar surface area (TPSA) is 51.2 Å². The molecule has 0 aliphatic rings. The van der Waals surface area contributed by atoms with Gasteiger partial charge < -0.3 is 19.3 Å². The highest BCUT2D eigenvalue weighted by molar-refractivity contribution is 5.41. The number of aliphatic hydroxyl groups is 1. The van der Waals surface area contributed by atoms with Crippen molar-refractivity contribution in [2.75, 3.05) is 41.0 Å². The minimum atomic E-state index is -0.644. The van der Waals surface area contributed by atoms with Gasteiger partial charge in [0.2, 0.25) is 0 Å². The van der Waals surface area contributed by atoms with E-state index in [1.807, 2.05) is 18.2 Å². The lowest BCUT2D eigenvalue weighted by Crippen LogP contribution is -2.37. The first kappa shape index (κ1) is 17.8. The van der Waals surface area contributed by atoms with Gasteiger partial charge in [-0.2, -0.15) is 0 Å². The fourth-order valence-corrected chi connectivity index (χ4v) is 2.19. The van der Waals surface area contributed by atoms with Crippen LogP contribution in [0, 0.1) is 0 Å². The van der Waals surface area contributed by atoms with Crippen molar-refractivity contribution in [1.82, 2.24) is 4.90 Å². The minimum Gasteiger partial charge on any atom is -0.497 e. The van der Waals surface area contributed by atoms with Gasteiger partial charge in [0.25, 0.3) is 0 Å². The van der Waals surface area contributed by atoms with Crippen LogP contribution in [0.5, 0.6) is 11.5 Å². The summed E-state index contributed by atoms with van der Waals surface area (Å²) in [5.74, 6) is 1.37. The van der Waals surface area contributed by atoms with Crippen molar-refractivity contribution >= 4 is 0 Å². The summed E-state index contributed by atoms with van der Waals surface area (Å²) in [4.78, 5) is 2.17. The standard InChI is InChI=1S/C16H27NO4/c1-12(2)17(8-9-19-3)11-15(18)14-10-13(20-4)6-7-16(14)21-5/h6-7,10,12,15,18H,8-9,11H2,1-5H3. The van der Waals surface area contributed by atoms with Crippen molar-refractivity contribution in [3.05, 3.63) is 23.8 Å². The zero-order valence-corrected chi connectivity index (χ0v) is 13.6. The van der Waals surface area contributed by atoms with Gasteiger partial charge in [-0.1, -0.05) is 0 Å². The normalized spacial score (nSPS) is 12.8. The molecule has 0 aliphatic carbocycles. The van der Waals surface area contributed by atoms with Gasteiger partial charge in [-0.15, -0.1) is 0 Å². The molecule has 0 aliphatic heterocycles. The Kier molecular flexibility index (Phi) is 7.50. The SMILES string of the molecule is COCCN(CC(O)c1cc(OC)ccc1OC)C(C)C. The average Bonchev–Trinajstić information content (AvgIpc) is 2.50. The average molecular weight is 297 g/mol. The molecule has 0 saturated heterocycles. The highest BCUT2D eigenvalue weighted by Crippen LogP contribution is 2.30. The summed E-state index contributed by atoms with van der Waals surface area (Å²) in [6, 6.07) is 5.77. The van der Waals surface area contributed by atoms with E-state index >= 15 is 0 Å². The van der Waals surface area contributed by atoms with Crippen LogP contribution in [-0.2, 0) is 4.74 Å². The monoisotopic (exact) mass is 297 g/mol. The second kappa shape index (κ2) is 8.87. The summed E-state index contributed by atoms with van der Waals surface area (Å²) in [5.41, 5.74) is 0.736. The van der Waals surface area contributed by atoms with Gasteiger partial charge in [-0.05, 0) is 32.0 Å². The van der Waals surface area contributed by atoms with Crippen molar-refractivity contribution in [3.63, 3.8) is 0 Å². The summed E-state index contributed by atoms with van der Waals surface area (Å²) >= 11 is 0. The van der Waals surface area contributed by atoms with Crippen LogP contribution in [0.25, 0.3) is 0 Å². The second-order valence-corrected chi connectivity index (χ2v) is 5.21. The molecule has 1 rings (SSSR count). The Bertz CT molecular complexity index is 423. The maximum atomic E-state index is 10.6. The first-order valence-corrected chi connectivity index (χ1v) is 7.16. The molecule has 0 heterocycles. The van der Waals surface area contributed by atoms with Crippen molar-refractivity contribution in [3.8, 4) is 11.5 Å². The Hall–Kier alpha value is -1.30. The molecule has 0 aromatic heterocycles. The zero-order chi connectivity index (χ0) is 15.8. The molecule has 1 aromatic carbocycles. The van der Waals surface area contributed by atoms with E-state index in [0.717, 1.165) is 12.1 Å². The minimum absolute atomic E-state index is 0.325. The molecule has 120 valence electrons. The quantitative estimate of drug-likeness (QED) is 0.756. The highest BCUT2D eigenvalue weighted by atomic mass is 16.5. The molecule has 21 heavy (non-hydrogen) atoms. The highest BCUT2D eigenvalue weighted by Gasteiger charge is 2.19. The second-order valence-electron chi connectivity index (χ2n) is 5.21. The molecular formula is C16H27NO4. The number of methoxy groups -OCH3 is 3. The Morgan fingerprint density at radius 3 is 2.38 bits per heavy atom. The van der Waals surface area contributed by atoms with Crippen LogP contribution in [0.4, 0.5) is 0 Å². The van der Waals surface area contributed by atoms with E-state index in [-0.39, 0.29) is 0 Å². The molecule has 5 heteroatoms. The Morgan fingerprint density at radius 2 is 1.86 bits per heavy atom. The molecule has 0 radical (unpaired) electrons. The molecular weight excluding hydrogens is 270 g/mol. The van der Waals surface area contributed by atoms with Crippen LogP contribution in [0.2, 0.25) is 0 Å². The first-order chi connectivity index (χ1) is 10.0. The van der Waals surface area contributed by atoms with Gasteiger partial charge in [0.15, 0.2) is 0 Å². The fraction of sp³-hybridized carbons (Fsp3) is 0.625. The van der Waals surface area contributed by atoms with E-state index < -0.39 is 6.10 Å². The number of ether oxygens (including phenoxy) is 3. The van der Waals surface area contributed by atoms with Gasteiger partial charge in [0.1, 0.15) is 11.5 Å². The lowest BCUT2D eigenvalue weighted by atomic mass is 10.1. The number of benzene rings is 1. The summed E-state index contributed by atoms with van der Waals surface area (Å²) in [5, 5.41) is 10.6. The number of rotatable bonds is 9. The van der Waals surface area contributed by atoms with Crippen molar-refractivity contribution in [2.45, 2.75) is 26.0 Å².